The van der Waals surface area contributed by atoms with Crippen molar-refractivity contribution in [3.63, 3.8) is 0 Å². The summed E-state index contributed by atoms with van der Waals surface area (Å²) in [7, 11) is 0. The van der Waals surface area contributed by atoms with Gasteiger partial charge in [0.2, 0.25) is 0 Å². The fourth-order valence-electron chi connectivity index (χ4n) is 2.54. The van der Waals surface area contributed by atoms with Crippen molar-refractivity contribution in [2.75, 3.05) is 13.2 Å². The largest absolute Gasteiger partial charge is 0.477 e. The van der Waals surface area contributed by atoms with Crippen LogP contribution >= 0.6 is 0 Å². The third-order valence-electron chi connectivity index (χ3n) is 3.45. The monoisotopic (exact) mass is 306 g/mol. The molecule has 5 nitrogen and oxygen atoms in total. The molecule has 2 heterocycles. The maximum Gasteiger partial charge on any atom is 0.341 e. The number of nitrogens with zero attached hydrogens (tertiary/aromatic N) is 2. The average Bonchev–Trinajstić information content (AvgIpc) is 2.91. The standard InChI is InChI=1S/C18H14N2O3/c1-2-10-23-18(21)17-14-5-3-4-6-15(14)20-12-13(22-11-9-19)7-8-16(17)20/h2-8,12H,1,10-11H2. The van der Waals surface area contributed by atoms with Crippen molar-refractivity contribution in [2.24, 2.45) is 0 Å². The van der Waals surface area contributed by atoms with E-state index in [2.05, 4.69) is 6.58 Å². The summed E-state index contributed by atoms with van der Waals surface area (Å²) in [5.41, 5.74) is 2.11. The zero-order valence-corrected chi connectivity index (χ0v) is 12.4. The molecule has 0 N–H and O–H groups in total. The van der Waals surface area contributed by atoms with Gasteiger partial charge in [0.1, 0.15) is 18.4 Å². The van der Waals surface area contributed by atoms with E-state index in [0.717, 1.165) is 16.4 Å². The summed E-state index contributed by atoms with van der Waals surface area (Å²) in [5, 5.41) is 9.43. The molecule has 0 spiro atoms. The number of hydrogen-bond acceptors (Lipinski definition) is 4. The molecule has 0 unspecified atom stereocenters. The Balaban J connectivity index is 2.19. The van der Waals surface area contributed by atoms with E-state index < -0.39 is 5.97 Å². The van der Waals surface area contributed by atoms with Crippen LogP contribution in [-0.2, 0) is 4.74 Å². The molecule has 0 saturated carbocycles. The van der Waals surface area contributed by atoms with Crippen molar-refractivity contribution < 1.29 is 14.3 Å². The molecule has 0 aliphatic heterocycles. The maximum absolute atomic E-state index is 12.4. The highest BCUT2D eigenvalue weighted by atomic mass is 16.5. The van der Waals surface area contributed by atoms with E-state index in [9.17, 15) is 4.79 Å². The minimum absolute atomic E-state index is 0.0288. The lowest BCUT2D eigenvalue weighted by molar-refractivity contribution is 0.0554. The van der Waals surface area contributed by atoms with Gasteiger partial charge in [-0.25, -0.2) is 4.79 Å². The van der Waals surface area contributed by atoms with Gasteiger partial charge in [0, 0.05) is 5.39 Å². The van der Waals surface area contributed by atoms with Gasteiger partial charge in [0.05, 0.1) is 22.8 Å². The molecule has 0 amide bonds. The molecule has 0 saturated heterocycles. The van der Waals surface area contributed by atoms with Crippen LogP contribution in [0.3, 0.4) is 0 Å². The summed E-state index contributed by atoms with van der Waals surface area (Å²) in [5.74, 6) is 0.167. The van der Waals surface area contributed by atoms with E-state index in [0.29, 0.717) is 11.3 Å². The minimum atomic E-state index is -0.394. The van der Waals surface area contributed by atoms with E-state index in [-0.39, 0.29) is 13.2 Å². The molecule has 0 radical (unpaired) electrons. The highest BCUT2D eigenvalue weighted by molar-refractivity contribution is 6.11. The zero-order chi connectivity index (χ0) is 16.2. The number of fused-ring (bicyclic) bond motifs is 3. The van der Waals surface area contributed by atoms with Gasteiger partial charge in [-0.1, -0.05) is 30.9 Å². The summed E-state index contributed by atoms with van der Waals surface area (Å²) in [6, 6.07) is 13.0. The first-order chi connectivity index (χ1) is 11.3. The normalized spacial score (nSPS) is 10.4. The molecule has 3 rings (SSSR count). The first-order valence-electron chi connectivity index (χ1n) is 7.07. The fourth-order valence-corrected chi connectivity index (χ4v) is 2.54. The lowest BCUT2D eigenvalue weighted by Gasteiger charge is -2.04. The zero-order valence-electron chi connectivity index (χ0n) is 12.4. The Morgan fingerprint density at radius 2 is 2.09 bits per heavy atom. The van der Waals surface area contributed by atoms with E-state index in [4.69, 9.17) is 14.7 Å². The third kappa shape index (κ3) is 2.62. The number of ether oxygens (including phenoxy) is 2. The van der Waals surface area contributed by atoms with Crippen LogP contribution in [0.4, 0.5) is 0 Å². The van der Waals surface area contributed by atoms with E-state index >= 15 is 0 Å². The third-order valence-corrected chi connectivity index (χ3v) is 3.45. The molecule has 5 heteroatoms. The molecule has 3 aromatic rings. The number of carbonyl (C=O) groups is 1. The Labute approximate surface area is 133 Å². The van der Waals surface area contributed by atoms with Crippen molar-refractivity contribution in [3.05, 3.63) is 60.8 Å². The van der Waals surface area contributed by atoms with Crippen LogP contribution in [0.1, 0.15) is 10.4 Å². The quantitative estimate of drug-likeness (QED) is 0.536. The van der Waals surface area contributed by atoms with Gasteiger partial charge >= 0.3 is 5.97 Å². The predicted octanol–water partition coefficient (Wildman–Crippen LogP) is 3.34. The van der Waals surface area contributed by atoms with Crippen LogP contribution in [0.15, 0.2) is 55.3 Å². The van der Waals surface area contributed by atoms with Crippen molar-refractivity contribution >= 4 is 22.4 Å². The maximum atomic E-state index is 12.4. The van der Waals surface area contributed by atoms with E-state index in [1.54, 1.807) is 18.3 Å². The Morgan fingerprint density at radius 3 is 2.87 bits per heavy atom. The highest BCUT2D eigenvalue weighted by Crippen LogP contribution is 2.29. The summed E-state index contributed by atoms with van der Waals surface area (Å²) in [6.07, 6.45) is 3.30. The Kier molecular flexibility index (Phi) is 3.98. The van der Waals surface area contributed by atoms with Crippen molar-refractivity contribution in [1.29, 1.82) is 5.26 Å². The summed E-state index contributed by atoms with van der Waals surface area (Å²) in [6.45, 7) is 3.69. The molecule has 114 valence electrons. The van der Waals surface area contributed by atoms with Gasteiger partial charge in [-0.3, -0.25) is 0 Å². The number of aromatic nitrogens is 1. The Bertz CT molecular complexity index is 934. The molecule has 0 aliphatic carbocycles. The van der Waals surface area contributed by atoms with Crippen LogP contribution in [0.2, 0.25) is 0 Å². The van der Waals surface area contributed by atoms with Gasteiger partial charge < -0.3 is 13.9 Å². The molecular weight excluding hydrogens is 292 g/mol. The fraction of sp³-hybridized carbons (Fsp3) is 0.111. The molecule has 0 atom stereocenters. The van der Waals surface area contributed by atoms with E-state index in [1.807, 2.05) is 34.7 Å². The summed E-state index contributed by atoms with van der Waals surface area (Å²) in [4.78, 5) is 12.4. The Hall–Kier alpha value is -3.26. The topological polar surface area (TPSA) is 63.7 Å². The molecule has 0 aliphatic rings. The van der Waals surface area contributed by atoms with Crippen LogP contribution < -0.4 is 4.74 Å². The van der Waals surface area contributed by atoms with Crippen LogP contribution in [0.5, 0.6) is 5.75 Å². The van der Waals surface area contributed by atoms with Crippen LogP contribution in [0, 0.1) is 11.3 Å². The van der Waals surface area contributed by atoms with Crippen molar-refractivity contribution in [1.82, 2.24) is 4.40 Å². The van der Waals surface area contributed by atoms with E-state index in [1.165, 1.54) is 6.08 Å². The van der Waals surface area contributed by atoms with Crippen LogP contribution in [-0.4, -0.2) is 23.6 Å². The second kappa shape index (κ2) is 6.24. The average molecular weight is 306 g/mol. The number of esters is 1. The number of hydrogen-bond donors (Lipinski definition) is 0. The van der Waals surface area contributed by atoms with Gasteiger partial charge in [0.15, 0.2) is 6.61 Å². The minimum Gasteiger partial charge on any atom is -0.477 e. The number of para-hydroxylation sites is 1. The number of nitriles is 1. The molecule has 2 aromatic heterocycles. The van der Waals surface area contributed by atoms with Crippen molar-refractivity contribution in [3.8, 4) is 11.8 Å². The number of carbonyl (C=O) groups excluding carboxylic acids is 1. The lowest BCUT2D eigenvalue weighted by atomic mass is 10.1. The first-order valence-corrected chi connectivity index (χ1v) is 7.07. The summed E-state index contributed by atoms with van der Waals surface area (Å²) < 4.78 is 12.4. The molecular formula is C18H14N2O3. The molecule has 1 aromatic carbocycles. The van der Waals surface area contributed by atoms with Gasteiger partial charge in [-0.2, -0.15) is 5.26 Å². The van der Waals surface area contributed by atoms with Gasteiger partial charge in [0.25, 0.3) is 0 Å². The Morgan fingerprint density at radius 1 is 1.26 bits per heavy atom. The molecule has 0 bridgehead atoms. The van der Waals surface area contributed by atoms with Gasteiger partial charge in [-0.15, -0.1) is 0 Å². The first kappa shape index (κ1) is 14.7. The highest BCUT2D eigenvalue weighted by Gasteiger charge is 2.19. The van der Waals surface area contributed by atoms with Crippen molar-refractivity contribution in [2.45, 2.75) is 0 Å². The number of rotatable bonds is 5. The number of pyridine rings is 1. The lowest BCUT2D eigenvalue weighted by Crippen LogP contribution is -2.05. The second-order valence-corrected chi connectivity index (χ2v) is 4.85. The predicted molar refractivity (Wildman–Crippen MR) is 86.5 cm³/mol. The van der Waals surface area contributed by atoms with Crippen LogP contribution in [0.25, 0.3) is 16.4 Å². The number of benzene rings is 1. The second-order valence-electron chi connectivity index (χ2n) is 4.85. The summed E-state index contributed by atoms with van der Waals surface area (Å²) >= 11 is 0. The smallest absolute Gasteiger partial charge is 0.341 e. The van der Waals surface area contributed by atoms with Gasteiger partial charge in [-0.05, 0) is 18.2 Å². The molecule has 23 heavy (non-hydrogen) atoms. The molecule has 0 fully saturated rings. The SMILES string of the molecule is C=CCOC(=O)c1c2ccccc2n2cc(OCC#N)ccc12.